The minimum absolute atomic E-state index is 0.194. The average molecular weight is 466 g/mol. The van der Waals surface area contributed by atoms with Crippen molar-refractivity contribution in [2.24, 2.45) is 0 Å². The standard InChI is InChI=1S/C24H28FN7O2/c1-4-29(5-2)15-12-26-20(33)16-31-24(34)21-22(17(3)27-31)28-32(19-10-8-18(25)9-11-19)23(21)30-13-6-7-14-30/h6-11,13-14H,4-5,12,15-16H2,1-3H3,(H,26,33). The molecule has 3 aromatic heterocycles. The van der Waals surface area contributed by atoms with E-state index in [9.17, 15) is 14.0 Å². The molecule has 3 heterocycles. The van der Waals surface area contributed by atoms with Crippen molar-refractivity contribution >= 4 is 16.8 Å². The van der Waals surface area contributed by atoms with Gasteiger partial charge in [0.25, 0.3) is 5.56 Å². The summed E-state index contributed by atoms with van der Waals surface area (Å²) in [7, 11) is 0. The first-order chi connectivity index (χ1) is 16.4. The van der Waals surface area contributed by atoms with E-state index in [2.05, 4.69) is 34.3 Å². The highest BCUT2D eigenvalue weighted by molar-refractivity contribution is 5.88. The van der Waals surface area contributed by atoms with Crippen molar-refractivity contribution in [2.45, 2.75) is 27.3 Å². The minimum atomic E-state index is -0.420. The van der Waals surface area contributed by atoms with E-state index in [1.165, 1.54) is 16.8 Å². The summed E-state index contributed by atoms with van der Waals surface area (Å²) in [5.41, 5.74) is 1.12. The lowest BCUT2D eigenvalue weighted by Crippen LogP contribution is -2.38. The zero-order chi connectivity index (χ0) is 24.2. The predicted octanol–water partition coefficient (Wildman–Crippen LogP) is 2.28. The third kappa shape index (κ3) is 4.62. The second-order valence-corrected chi connectivity index (χ2v) is 7.95. The molecule has 0 atom stereocenters. The van der Waals surface area contributed by atoms with Crippen LogP contribution in [0.2, 0.25) is 0 Å². The Labute approximate surface area is 196 Å². The molecule has 0 saturated heterocycles. The summed E-state index contributed by atoms with van der Waals surface area (Å²) in [6.07, 6.45) is 3.60. The highest BCUT2D eigenvalue weighted by Gasteiger charge is 2.22. The predicted molar refractivity (Wildman–Crippen MR) is 128 cm³/mol. The summed E-state index contributed by atoms with van der Waals surface area (Å²) < 4.78 is 18.1. The van der Waals surface area contributed by atoms with Crippen LogP contribution in [-0.4, -0.2) is 61.1 Å². The molecular weight excluding hydrogens is 437 g/mol. The molecule has 9 nitrogen and oxygen atoms in total. The summed E-state index contributed by atoms with van der Waals surface area (Å²) >= 11 is 0. The van der Waals surface area contributed by atoms with E-state index in [0.717, 1.165) is 19.6 Å². The first kappa shape index (κ1) is 23.4. The van der Waals surface area contributed by atoms with E-state index in [4.69, 9.17) is 0 Å². The smallest absolute Gasteiger partial charge is 0.280 e. The molecule has 1 amide bonds. The van der Waals surface area contributed by atoms with Gasteiger partial charge in [0.1, 0.15) is 23.3 Å². The summed E-state index contributed by atoms with van der Waals surface area (Å²) in [5, 5.41) is 12.2. The normalized spacial score (nSPS) is 11.4. The fourth-order valence-electron chi connectivity index (χ4n) is 3.93. The molecule has 0 fully saturated rings. The van der Waals surface area contributed by atoms with Gasteiger partial charge in [-0.3, -0.25) is 9.59 Å². The summed E-state index contributed by atoms with van der Waals surface area (Å²) in [6, 6.07) is 9.55. The van der Waals surface area contributed by atoms with Crippen molar-refractivity contribution in [3.8, 4) is 11.5 Å². The summed E-state index contributed by atoms with van der Waals surface area (Å²) in [5.74, 6) is -0.151. The molecule has 0 aliphatic heterocycles. The van der Waals surface area contributed by atoms with Crippen molar-refractivity contribution < 1.29 is 9.18 Å². The number of nitrogens with one attached hydrogen (secondary N) is 1. The molecule has 4 aromatic rings. The molecule has 1 N–H and O–H groups in total. The van der Waals surface area contributed by atoms with Crippen LogP contribution in [0, 0.1) is 12.7 Å². The van der Waals surface area contributed by atoms with E-state index < -0.39 is 5.56 Å². The maximum Gasteiger partial charge on any atom is 0.280 e. The Morgan fingerprint density at radius 1 is 1.09 bits per heavy atom. The second kappa shape index (κ2) is 10.0. The minimum Gasteiger partial charge on any atom is -0.353 e. The molecule has 0 saturated carbocycles. The zero-order valence-electron chi connectivity index (χ0n) is 19.5. The monoisotopic (exact) mass is 465 g/mol. The molecule has 4 rings (SSSR count). The highest BCUT2D eigenvalue weighted by atomic mass is 19.1. The van der Waals surface area contributed by atoms with Gasteiger partial charge in [-0.25, -0.2) is 13.8 Å². The summed E-state index contributed by atoms with van der Waals surface area (Å²) in [4.78, 5) is 28.2. The van der Waals surface area contributed by atoms with Gasteiger partial charge < -0.3 is 14.8 Å². The number of halogens is 1. The largest absolute Gasteiger partial charge is 0.353 e. The molecule has 0 bridgehead atoms. The maximum absolute atomic E-state index is 13.5. The molecular formula is C24H28FN7O2. The SMILES string of the molecule is CCN(CC)CCNC(=O)Cn1nc(C)c2nn(-c3ccc(F)cc3)c(-n3cccc3)c2c1=O. The molecule has 0 spiro atoms. The van der Waals surface area contributed by atoms with Crippen molar-refractivity contribution in [3.05, 3.63) is 70.7 Å². The lowest BCUT2D eigenvalue weighted by atomic mass is 10.2. The van der Waals surface area contributed by atoms with Crippen molar-refractivity contribution in [2.75, 3.05) is 26.2 Å². The third-order valence-electron chi connectivity index (χ3n) is 5.78. The number of likely N-dealkylation sites (N-methyl/N-ethyl adjacent to an activating group) is 1. The fraction of sp³-hybridized carbons (Fsp3) is 0.333. The van der Waals surface area contributed by atoms with Gasteiger partial charge in [-0.2, -0.15) is 10.2 Å². The lowest BCUT2D eigenvalue weighted by molar-refractivity contribution is -0.121. The Morgan fingerprint density at radius 3 is 2.41 bits per heavy atom. The number of fused-ring (bicyclic) bond motifs is 1. The van der Waals surface area contributed by atoms with Gasteiger partial charge in [-0.15, -0.1) is 0 Å². The zero-order valence-corrected chi connectivity index (χ0v) is 19.5. The van der Waals surface area contributed by atoms with Crippen LogP contribution in [0.25, 0.3) is 22.4 Å². The van der Waals surface area contributed by atoms with Crippen LogP contribution >= 0.6 is 0 Å². The number of carbonyl (C=O) groups excluding carboxylic acids is 1. The van der Waals surface area contributed by atoms with Crippen LogP contribution in [0.15, 0.2) is 53.6 Å². The fourth-order valence-corrected chi connectivity index (χ4v) is 3.93. The van der Waals surface area contributed by atoms with E-state index >= 15 is 0 Å². The van der Waals surface area contributed by atoms with Crippen molar-refractivity contribution in [1.29, 1.82) is 0 Å². The number of hydrogen-bond donors (Lipinski definition) is 1. The topological polar surface area (TPSA) is 90.0 Å². The van der Waals surface area contributed by atoms with Gasteiger partial charge in [-0.1, -0.05) is 13.8 Å². The van der Waals surface area contributed by atoms with Crippen LogP contribution < -0.4 is 10.9 Å². The summed E-state index contributed by atoms with van der Waals surface area (Å²) in [6.45, 7) is 8.74. The van der Waals surface area contributed by atoms with Gasteiger partial charge in [0.15, 0.2) is 5.82 Å². The van der Waals surface area contributed by atoms with Crippen molar-refractivity contribution in [3.63, 3.8) is 0 Å². The number of nitrogens with zero attached hydrogens (tertiary/aromatic N) is 6. The van der Waals surface area contributed by atoms with Crippen LogP contribution in [0.4, 0.5) is 4.39 Å². The first-order valence-electron chi connectivity index (χ1n) is 11.3. The molecule has 1 aromatic carbocycles. The Hall–Kier alpha value is -3.79. The number of amides is 1. The van der Waals surface area contributed by atoms with E-state index in [0.29, 0.717) is 34.6 Å². The van der Waals surface area contributed by atoms with Crippen molar-refractivity contribution in [1.82, 2.24) is 34.3 Å². The third-order valence-corrected chi connectivity index (χ3v) is 5.78. The number of hydrogen-bond acceptors (Lipinski definition) is 5. The number of aryl methyl sites for hydroxylation is 1. The van der Waals surface area contributed by atoms with E-state index in [-0.39, 0.29) is 18.3 Å². The molecule has 10 heteroatoms. The Bertz CT molecular complexity index is 1340. The van der Waals surface area contributed by atoms with Gasteiger partial charge in [0.2, 0.25) is 5.91 Å². The van der Waals surface area contributed by atoms with Crippen LogP contribution in [0.3, 0.4) is 0 Å². The maximum atomic E-state index is 13.5. The number of aromatic nitrogens is 5. The first-order valence-corrected chi connectivity index (χ1v) is 11.3. The molecule has 178 valence electrons. The van der Waals surface area contributed by atoms with Gasteiger partial charge in [0, 0.05) is 25.5 Å². The number of benzene rings is 1. The molecule has 0 radical (unpaired) electrons. The molecule has 0 unspecified atom stereocenters. The molecule has 0 aliphatic carbocycles. The van der Waals surface area contributed by atoms with Gasteiger partial charge in [0.05, 0.1) is 11.4 Å². The van der Waals surface area contributed by atoms with Crippen LogP contribution in [0.5, 0.6) is 0 Å². The lowest BCUT2D eigenvalue weighted by Gasteiger charge is -2.18. The van der Waals surface area contributed by atoms with Crippen LogP contribution in [-0.2, 0) is 11.3 Å². The van der Waals surface area contributed by atoms with E-state index in [1.807, 2.05) is 12.1 Å². The number of carbonyl (C=O) groups is 1. The Balaban J connectivity index is 1.73. The van der Waals surface area contributed by atoms with Gasteiger partial charge >= 0.3 is 0 Å². The number of rotatable bonds is 9. The molecule has 34 heavy (non-hydrogen) atoms. The second-order valence-electron chi connectivity index (χ2n) is 7.95. The quantitative estimate of drug-likeness (QED) is 0.410. The average Bonchev–Trinajstić information content (AvgIpc) is 3.49. The molecule has 0 aliphatic rings. The van der Waals surface area contributed by atoms with Crippen LogP contribution in [0.1, 0.15) is 19.5 Å². The van der Waals surface area contributed by atoms with Gasteiger partial charge in [-0.05, 0) is 56.4 Å². The Kier molecular flexibility index (Phi) is 6.87. The Morgan fingerprint density at radius 2 is 1.76 bits per heavy atom. The van der Waals surface area contributed by atoms with E-state index in [1.54, 1.807) is 40.7 Å². The highest BCUT2D eigenvalue weighted by Crippen LogP contribution is 2.24.